The van der Waals surface area contributed by atoms with E-state index in [0.29, 0.717) is 6.40 Å². The molecule has 2 spiro atoms. The molecule has 0 N–H and O–H groups in total. The van der Waals surface area contributed by atoms with E-state index in [1.54, 1.807) is 0 Å². The first-order valence-electron chi connectivity index (χ1n) is 5.30. The number of rotatable bonds is 0. The molecule has 0 aliphatic heterocycles. The Hall–Kier alpha value is 0. The maximum absolute atomic E-state index is 8.01. The molecule has 0 aromatic carbocycles. The topological polar surface area (TPSA) is 0 Å². The minimum Gasteiger partial charge on any atom is -0.0522 e. The van der Waals surface area contributed by atoms with Crippen LogP contribution in [0.2, 0.25) is 0 Å². The van der Waals surface area contributed by atoms with Crippen molar-refractivity contribution in [2.24, 2.45) is 22.7 Å². The molecular weight excluding hydrogens is 120 g/mol. The van der Waals surface area contributed by atoms with Gasteiger partial charge in [-0.1, -0.05) is 6.42 Å². The molecule has 3 atom stereocenters. The average molecular weight is 135 g/mol. The van der Waals surface area contributed by atoms with E-state index in [2.05, 4.69) is 0 Å². The quantitative estimate of drug-likeness (QED) is 0.479. The van der Waals surface area contributed by atoms with Crippen molar-refractivity contribution < 1.29 is 1.37 Å². The van der Waals surface area contributed by atoms with Crippen LogP contribution in [-0.2, 0) is 0 Å². The van der Waals surface area contributed by atoms with Crippen LogP contribution in [0, 0.1) is 22.7 Å². The van der Waals surface area contributed by atoms with Crippen LogP contribution in [0.1, 0.15) is 39.9 Å². The second-order valence-corrected chi connectivity index (χ2v) is 5.00. The lowest BCUT2D eigenvalue weighted by atomic mass is 10.0. The highest BCUT2D eigenvalue weighted by Gasteiger charge is 2.84. The molecule has 5 saturated carbocycles. The van der Waals surface area contributed by atoms with Gasteiger partial charge in [0.05, 0.1) is 0 Å². The van der Waals surface area contributed by atoms with E-state index in [9.17, 15) is 0 Å². The van der Waals surface area contributed by atoms with Gasteiger partial charge in [-0.05, 0) is 54.7 Å². The molecule has 0 amide bonds. The Bertz CT molecular complexity index is 229. The Kier molecular flexibility index (Phi) is 0.413. The van der Waals surface area contributed by atoms with Gasteiger partial charge in [0, 0.05) is 1.37 Å². The van der Waals surface area contributed by atoms with Gasteiger partial charge in [0.15, 0.2) is 0 Å². The normalized spacial score (nSPS) is 83.2. The summed E-state index contributed by atoms with van der Waals surface area (Å²) < 4.78 is 8.01. The Morgan fingerprint density at radius 1 is 1.20 bits per heavy atom. The SMILES string of the molecule is [2H]C1C2CC34CCCC3(C2)C14. The van der Waals surface area contributed by atoms with Crippen molar-refractivity contribution in [3.8, 4) is 0 Å². The van der Waals surface area contributed by atoms with E-state index >= 15 is 0 Å². The molecule has 5 rings (SSSR count). The van der Waals surface area contributed by atoms with Gasteiger partial charge in [-0.2, -0.15) is 0 Å². The minimum atomic E-state index is 0.371. The molecule has 5 aliphatic rings. The molecule has 0 heterocycles. The van der Waals surface area contributed by atoms with Crippen LogP contribution >= 0.6 is 0 Å². The average Bonchev–Trinajstić information content (AvgIpc) is 2.43. The van der Waals surface area contributed by atoms with Crippen molar-refractivity contribution >= 4 is 0 Å². The van der Waals surface area contributed by atoms with E-state index in [4.69, 9.17) is 1.37 Å². The number of hydrogen-bond donors (Lipinski definition) is 0. The van der Waals surface area contributed by atoms with Crippen LogP contribution in [0.15, 0.2) is 0 Å². The molecule has 0 nitrogen and oxygen atoms in total. The second kappa shape index (κ2) is 1.00. The van der Waals surface area contributed by atoms with Crippen LogP contribution in [0.25, 0.3) is 0 Å². The van der Waals surface area contributed by atoms with Crippen LogP contribution in [0.3, 0.4) is 0 Å². The van der Waals surface area contributed by atoms with Crippen molar-refractivity contribution in [2.75, 3.05) is 0 Å². The maximum atomic E-state index is 8.01. The van der Waals surface area contributed by atoms with E-state index in [1.165, 1.54) is 32.1 Å². The van der Waals surface area contributed by atoms with Gasteiger partial charge in [-0.25, -0.2) is 0 Å². The molecule has 0 heteroatoms. The predicted molar refractivity (Wildman–Crippen MR) is 39.5 cm³/mol. The molecule has 0 aromatic rings. The first-order valence-corrected chi connectivity index (χ1v) is 4.72. The third-order valence-electron chi connectivity index (χ3n) is 5.06. The summed E-state index contributed by atoms with van der Waals surface area (Å²) in [4.78, 5) is 0. The molecule has 3 unspecified atom stereocenters. The van der Waals surface area contributed by atoms with Gasteiger partial charge in [0.25, 0.3) is 0 Å². The summed E-state index contributed by atoms with van der Waals surface area (Å²) in [5.74, 6) is 1.72. The summed E-state index contributed by atoms with van der Waals surface area (Å²) in [5.41, 5.74) is 1.54. The highest BCUT2D eigenvalue weighted by Crippen LogP contribution is 2.92. The van der Waals surface area contributed by atoms with E-state index in [1.807, 2.05) is 0 Å². The third kappa shape index (κ3) is 0.233. The molecule has 0 radical (unpaired) electrons. The zero-order chi connectivity index (χ0) is 7.27. The van der Waals surface area contributed by atoms with Gasteiger partial charge in [0.1, 0.15) is 0 Å². The van der Waals surface area contributed by atoms with Crippen LogP contribution in [0.5, 0.6) is 0 Å². The Labute approximate surface area is 63.4 Å². The highest BCUT2D eigenvalue weighted by atomic mass is 14.9. The largest absolute Gasteiger partial charge is 0.0522 e. The van der Waals surface area contributed by atoms with Crippen molar-refractivity contribution in [1.82, 2.24) is 0 Å². The summed E-state index contributed by atoms with van der Waals surface area (Å²) in [6, 6.07) is 0. The smallest absolute Gasteiger partial charge is 0.0273 e. The monoisotopic (exact) mass is 135 g/mol. The Balaban J connectivity index is 1.94. The lowest BCUT2D eigenvalue weighted by molar-refractivity contribution is 0.457. The lowest BCUT2D eigenvalue weighted by Crippen LogP contribution is -1.95. The van der Waals surface area contributed by atoms with Crippen LogP contribution < -0.4 is 0 Å². The van der Waals surface area contributed by atoms with Crippen molar-refractivity contribution in [2.45, 2.75) is 38.5 Å². The molecule has 10 heavy (non-hydrogen) atoms. The molecule has 4 bridgehead atoms. The van der Waals surface area contributed by atoms with Gasteiger partial charge in [-0.15, -0.1) is 0 Å². The zero-order valence-corrected chi connectivity index (χ0v) is 6.27. The second-order valence-electron chi connectivity index (χ2n) is 5.00. The predicted octanol–water partition coefficient (Wildman–Crippen LogP) is 2.59. The fraction of sp³-hybridized carbons (Fsp3) is 1.00. The molecule has 5 fully saturated rings. The van der Waals surface area contributed by atoms with Crippen LogP contribution in [0.4, 0.5) is 0 Å². The van der Waals surface area contributed by atoms with Crippen molar-refractivity contribution in [3.05, 3.63) is 0 Å². The fourth-order valence-electron chi connectivity index (χ4n) is 4.95. The summed E-state index contributed by atoms with van der Waals surface area (Å²) >= 11 is 0. The summed E-state index contributed by atoms with van der Waals surface area (Å²) in [5, 5.41) is 0. The molecule has 54 valence electrons. The molecular formula is C10H14. The minimum absolute atomic E-state index is 0.371. The zero-order valence-electron chi connectivity index (χ0n) is 7.27. The first kappa shape index (κ1) is 4.13. The first-order chi connectivity index (χ1) is 5.30. The van der Waals surface area contributed by atoms with Gasteiger partial charge in [0.2, 0.25) is 0 Å². The summed E-state index contributed by atoms with van der Waals surface area (Å²) in [6.07, 6.45) is 7.73. The van der Waals surface area contributed by atoms with Gasteiger partial charge < -0.3 is 0 Å². The Morgan fingerprint density at radius 3 is 2.40 bits per heavy atom. The Morgan fingerprint density at radius 2 is 1.90 bits per heavy atom. The molecule has 0 aromatic heterocycles. The van der Waals surface area contributed by atoms with Gasteiger partial charge in [-0.3, -0.25) is 0 Å². The summed E-state index contributed by atoms with van der Waals surface area (Å²) in [7, 11) is 0. The molecule has 5 aliphatic carbocycles. The van der Waals surface area contributed by atoms with E-state index in [-0.39, 0.29) is 0 Å². The van der Waals surface area contributed by atoms with E-state index in [0.717, 1.165) is 22.7 Å². The lowest BCUT2D eigenvalue weighted by Gasteiger charge is -2.04. The summed E-state index contributed by atoms with van der Waals surface area (Å²) in [6.45, 7) is 0. The standard InChI is InChI=1S/C10H14/c1-2-9-5-7-4-8(9)10(9,3-1)6-7/h7-8H,1-6H2/i4D. The van der Waals surface area contributed by atoms with E-state index < -0.39 is 0 Å². The maximum Gasteiger partial charge on any atom is 0.0273 e. The third-order valence-corrected chi connectivity index (χ3v) is 5.06. The van der Waals surface area contributed by atoms with Crippen molar-refractivity contribution in [1.29, 1.82) is 0 Å². The highest BCUT2D eigenvalue weighted by molar-refractivity contribution is 5.33. The number of hydrogen-bond acceptors (Lipinski definition) is 0. The van der Waals surface area contributed by atoms with Crippen molar-refractivity contribution in [3.63, 3.8) is 0 Å². The fourth-order valence-corrected chi connectivity index (χ4v) is 4.95. The van der Waals surface area contributed by atoms with Gasteiger partial charge >= 0.3 is 0 Å². The molecule has 0 saturated heterocycles. The van der Waals surface area contributed by atoms with Crippen LogP contribution in [-0.4, -0.2) is 0 Å².